The van der Waals surface area contributed by atoms with Crippen molar-refractivity contribution in [2.45, 2.75) is 103 Å². The largest absolute Gasteiger partial charge is 0.456 e. The minimum atomic E-state index is -1.60. The predicted octanol–water partition coefficient (Wildman–Crippen LogP) is 10.2. The molecule has 6 heteroatoms. The monoisotopic (exact) mass is 521 g/mol. The number of rotatable bonds is 9. The standard InChI is InChI=1S/C31H38F5O/c1-3-5-6-7-19-8-10-20(11-9-19)21-12-14-22(15-13-21)25-18-28(34)29(35)24(4-2)31(25)37-23-16-26(32)30(36)27(33)17-23/h16-17,19-22H,3-15H2,1-2H3/t19-,20-,21-,22-. The van der Waals surface area contributed by atoms with E-state index in [0.29, 0.717) is 11.5 Å². The number of hydrogen-bond acceptors (Lipinski definition) is 1. The van der Waals surface area contributed by atoms with Crippen LogP contribution in [0.1, 0.15) is 108 Å². The van der Waals surface area contributed by atoms with Gasteiger partial charge in [0.1, 0.15) is 11.5 Å². The van der Waals surface area contributed by atoms with E-state index in [1.54, 1.807) is 6.92 Å². The van der Waals surface area contributed by atoms with Crippen LogP contribution in [0.25, 0.3) is 0 Å². The van der Waals surface area contributed by atoms with Crippen molar-refractivity contribution >= 4 is 0 Å². The Hall–Kier alpha value is -2.11. The van der Waals surface area contributed by atoms with Gasteiger partial charge in [0.25, 0.3) is 0 Å². The molecule has 0 atom stereocenters. The zero-order chi connectivity index (χ0) is 26.5. The number of ether oxygens (including phenoxy) is 1. The van der Waals surface area contributed by atoms with E-state index in [1.165, 1.54) is 51.4 Å². The lowest BCUT2D eigenvalue weighted by molar-refractivity contribution is 0.155. The summed E-state index contributed by atoms with van der Waals surface area (Å²) in [6, 6.07) is 3.99. The maximum absolute atomic E-state index is 14.7. The number of unbranched alkanes of at least 4 members (excludes halogenated alkanes) is 2. The van der Waals surface area contributed by atoms with E-state index in [4.69, 9.17) is 4.74 Å². The van der Waals surface area contributed by atoms with E-state index in [9.17, 15) is 22.0 Å². The van der Waals surface area contributed by atoms with Gasteiger partial charge in [-0.1, -0.05) is 52.4 Å². The van der Waals surface area contributed by atoms with E-state index in [0.717, 1.165) is 49.7 Å². The second-order valence-electron chi connectivity index (χ2n) is 11.0. The third kappa shape index (κ3) is 6.49. The Morgan fingerprint density at radius 2 is 1.38 bits per heavy atom. The summed E-state index contributed by atoms with van der Waals surface area (Å²) in [6.45, 7) is 3.90. The van der Waals surface area contributed by atoms with Crippen LogP contribution in [0.4, 0.5) is 22.0 Å². The molecule has 1 nitrogen and oxygen atoms in total. The SMILES string of the molecule is CCCCC[C@H]1CC[C@H]([C@H]2CC[C@H](c3[c]c(F)c(F)c(CC)c3Oc3cc(F)c(F)c(F)c3)CC2)CC1. The fourth-order valence-corrected chi connectivity index (χ4v) is 6.56. The van der Waals surface area contributed by atoms with Crippen molar-refractivity contribution in [3.63, 3.8) is 0 Å². The normalized spacial score (nSPS) is 24.3. The molecule has 37 heavy (non-hydrogen) atoms. The Morgan fingerprint density at radius 3 is 1.95 bits per heavy atom. The molecule has 1 radical (unpaired) electrons. The highest BCUT2D eigenvalue weighted by Crippen LogP contribution is 2.47. The summed E-state index contributed by atoms with van der Waals surface area (Å²) in [6.07, 6.45) is 14.2. The van der Waals surface area contributed by atoms with Gasteiger partial charge in [-0.15, -0.1) is 0 Å². The van der Waals surface area contributed by atoms with Crippen LogP contribution in [-0.4, -0.2) is 0 Å². The second-order valence-corrected chi connectivity index (χ2v) is 11.0. The minimum Gasteiger partial charge on any atom is -0.456 e. The van der Waals surface area contributed by atoms with Gasteiger partial charge < -0.3 is 4.74 Å². The summed E-state index contributed by atoms with van der Waals surface area (Å²) in [7, 11) is 0. The summed E-state index contributed by atoms with van der Waals surface area (Å²) in [5, 5.41) is 0. The van der Waals surface area contributed by atoms with Crippen molar-refractivity contribution in [2.75, 3.05) is 0 Å². The molecule has 2 saturated carbocycles. The molecule has 0 unspecified atom stereocenters. The molecular formula is C31H38F5O. The molecular weight excluding hydrogens is 483 g/mol. The maximum atomic E-state index is 14.7. The molecule has 0 saturated heterocycles. The summed E-state index contributed by atoms with van der Waals surface area (Å²) in [4.78, 5) is 0. The first kappa shape index (κ1) is 27.9. The zero-order valence-corrected chi connectivity index (χ0v) is 22.0. The van der Waals surface area contributed by atoms with Crippen LogP contribution in [0, 0.1) is 52.9 Å². The lowest BCUT2D eigenvalue weighted by Crippen LogP contribution is -2.25. The number of benzene rings is 2. The third-order valence-corrected chi connectivity index (χ3v) is 8.71. The fourth-order valence-electron chi connectivity index (χ4n) is 6.56. The van der Waals surface area contributed by atoms with Crippen LogP contribution >= 0.6 is 0 Å². The van der Waals surface area contributed by atoms with Crippen molar-refractivity contribution < 1.29 is 26.7 Å². The van der Waals surface area contributed by atoms with Crippen molar-refractivity contribution in [3.8, 4) is 11.5 Å². The Balaban J connectivity index is 1.47. The molecule has 0 aliphatic heterocycles. The Labute approximate surface area is 217 Å². The van der Waals surface area contributed by atoms with E-state index >= 15 is 0 Å². The van der Waals surface area contributed by atoms with E-state index in [1.807, 2.05) is 0 Å². The summed E-state index contributed by atoms with van der Waals surface area (Å²) in [5.41, 5.74) is 0.402. The summed E-state index contributed by atoms with van der Waals surface area (Å²) >= 11 is 0. The van der Waals surface area contributed by atoms with Crippen LogP contribution in [0.5, 0.6) is 11.5 Å². The average molecular weight is 522 g/mol. The molecule has 2 aliphatic rings. The van der Waals surface area contributed by atoms with Crippen molar-refractivity contribution in [2.24, 2.45) is 17.8 Å². The second kappa shape index (κ2) is 12.6. The third-order valence-electron chi connectivity index (χ3n) is 8.71. The van der Waals surface area contributed by atoms with Gasteiger partial charge >= 0.3 is 0 Å². The van der Waals surface area contributed by atoms with Gasteiger partial charge in [-0.25, -0.2) is 22.0 Å². The average Bonchev–Trinajstić information content (AvgIpc) is 2.90. The quantitative estimate of drug-likeness (QED) is 0.181. The molecule has 0 spiro atoms. The van der Waals surface area contributed by atoms with Crippen LogP contribution in [0.2, 0.25) is 0 Å². The van der Waals surface area contributed by atoms with Gasteiger partial charge in [0.15, 0.2) is 29.1 Å². The van der Waals surface area contributed by atoms with Gasteiger partial charge in [0.05, 0.1) is 0 Å². The van der Waals surface area contributed by atoms with Crippen LogP contribution in [-0.2, 0) is 6.42 Å². The summed E-state index contributed by atoms with van der Waals surface area (Å²) in [5.74, 6) is -4.67. The van der Waals surface area contributed by atoms with Crippen LogP contribution < -0.4 is 4.74 Å². The molecule has 0 N–H and O–H groups in total. The van der Waals surface area contributed by atoms with Gasteiger partial charge in [-0.3, -0.25) is 0 Å². The maximum Gasteiger partial charge on any atom is 0.194 e. The van der Waals surface area contributed by atoms with Crippen LogP contribution in [0.3, 0.4) is 0 Å². The lowest BCUT2D eigenvalue weighted by atomic mass is 9.67. The summed E-state index contributed by atoms with van der Waals surface area (Å²) < 4.78 is 76.0. The van der Waals surface area contributed by atoms with Crippen molar-refractivity contribution in [1.29, 1.82) is 0 Å². The van der Waals surface area contributed by atoms with Gasteiger partial charge in [-0.2, -0.15) is 0 Å². The molecule has 2 aromatic carbocycles. The highest BCUT2D eigenvalue weighted by atomic mass is 19.2. The van der Waals surface area contributed by atoms with Gasteiger partial charge in [0.2, 0.25) is 0 Å². The molecule has 2 fully saturated rings. The van der Waals surface area contributed by atoms with Gasteiger partial charge in [0, 0.05) is 29.3 Å². The van der Waals surface area contributed by atoms with Gasteiger partial charge in [-0.05, 0) is 68.6 Å². The molecule has 2 aliphatic carbocycles. The first-order valence-corrected chi connectivity index (χ1v) is 14.1. The number of hydrogen-bond donors (Lipinski definition) is 0. The first-order chi connectivity index (χ1) is 17.8. The lowest BCUT2D eigenvalue weighted by Gasteiger charge is -2.38. The minimum absolute atomic E-state index is 0.0000832. The first-order valence-electron chi connectivity index (χ1n) is 14.1. The molecule has 0 bridgehead atoms. The molecule has 0 amide bonds. The fraction of sp³-hybridized carbons (Fsp3) is 0.613. The Kier molecular flexibility index (Phi) is 9.52. The van der Waals surface area contributed by atoms with E-state index in [2.05, 4.69) is 13.0 Å². The number of halogens is 5. The Morgan fingerprint density at radius 1 is 0.784 bits per heavy atom. The molecule has 203 valence electrons. The smallest absolute Gasteiger partial charge is 0.194 e. The molecule has 0 aromatic heterocycles. The highest BCUT2D eigenvalue weighted by Gasteiger charge is 2.33. The highest BCUT2D eigenvalue weighted by molar-refractivity contribution is 5.47. The van der Waals surface area contributed by atoms with Crippen molar-refractivity contribution in [1.82, 2.24) is 0 Å². The van der Waals surface area contributed by atoms with E-state index < -0.39 is 29.1 Å². The molecule has 0 heterocycles. The molecule has 2 aromatic rings. The molecule has 4 rings (SSSR count). The predicted molar refractivity (Wildman–Crippen MR) is 135 cm³/mol. The topological polar surface area (TPSA) is 9.23 Å². The Bertz CT molecular complexity index is 1030. The van der Waals surface area contributed by atoms with Crippen LogP contribution in [0.15, 0.2) is 12.1 Å². The van der Waals surface area contributed by atoms with E-state index in [-0.39, 0.29) is 29.4 Å². The van der Waals surface area contributed by atoms with Crippen molar-refractivity contribution in [3.05, 3.63) is 58.4 Å². The zero-order valence-electron chi connectivity index (χ0n) is 22.0.